The van der Waals surface area contributed by atoms with Crippen molar-refractivity contribution >= 4 is 12.4 Å². The molecule has 0 heterocycles. The maximum absolute atomic E-state index is 13.0. The standard InChI is InChI=1S/C10H11F4NO.ClH/c1-16-9(5-15)6-2-7(10(12,13)14)4-8(11)3-6;/h2-4,9H,5,15H2,1H3;1H. The molecule has 1 unspecified atom stereocenters. The van der Waals surface area contributed by atoms with Crippen LogP contribution in [0.1, 0.15) is 17.2 Å². The van der Waals surface area contributed by atoms with Crippen molar-refractivity contribution in [1.82, 2.24) is 0 Å². The second-order valence-corrected chi connectivity index (χ2v) is 3.23. The van der Waals surface area contributed by atoms with Gasteiger partial charge in [-0.15, -0.1) is 12.4 Å². The van der Waals surface area contributed by atoms with E-state index in [1.54, 1.807) is 0 Å². The second-order valence-electron chi connectivity index (χ2n) is 3.23. The maximum Gasteiger partial charge on any atom is 0.416 e. The van der Waals surface area contributed by atoms with Gasteiger partial charge in [-0.25, -0.2) is 4.39 Å². The average Bonchev–Trinajstić information content (AvgIpc) is 2.17. The number of benzene rings is 1. The van der Waals surface area contributed by atoms with Crippen molar-refractivity contribution in [3.8, 4) is 0 Å². The van der Waals surface area contributed by atoms with Crippen LogP contribution in [0.4, 0.5) is 17.6 Å². The van der Waals surface area contributed by atoms with Gasteiger partial charge in [-0.05, 0) is 23.8 Å². The molecule has 98 valence electrons. The molecule has 7 heteroatoms. The van der Waals surface area contributed by atoms with Gasteiger partial charge in [0, 0.05) is 13.7 Å². The summed E-state index contributed by atoms with van der Waals surface area (Å²) in [5, 5.41) is 0. The molecule has 0 fully saturated rings. The minimum Gasteiger partial charge on any atom is -0.375 e. The third kappa shape index (κ3) is 4.14. The summed E-state index contributed by atoms with van der Waals surface area (Å²) in [5.41, 5.74) is 4.33. The lowest BCUT2D eigenvalue weighted by atomic mass is 10.1. The lowest BCUT2D eigenvalue weighted by Gasteiger charge is -2.15. The largest absolute Gasteiger partial charge is 0.416 e. The van der Waals surface area contributed by atoms with Crippen LogP contribution in [0.15, 0.2) is 18.2 Å². The summed E-state index contributed by atoms with van der Waals surface area (Å²) in [5.74, 6) is -0.958. The summed E-state index contributed by atoms with van der Waals surface area (Å²) < 4.78 is 55.0. The number of nitrogens with two attached hydrogens (primary N) is 1. The fraction of sp³-hybridized carbons (Fsp3) is 0.400. The summed E-state index contributed by atoms with van der Waals surface area (Å²) >= 11 is 0. The van der Waals surface area contributed by atoms with E-state index in [4.69, 9.17) is 10.5 Å². The topological polar surface area (TPSA) is 35.2 Å². The van der Waals surface area contributed by atoms with Crippen molar-refractivity contribution in [1.29, 1.82) is 0 Å². The van der Waals surface area contributed by atoms with E-state index < -0.39 is 23.7 Å². The van der Waals surface area contributed by atoms with Crippen LogP contribution in [0.2, 0.25) is 0 Å². The van der Waals surface area contributed by atoms with Gasteiger partial charge >= 0.3 is 6.18 Å². The van der Waals surface area contributed by atoms with Gasteiger partial charge in [-0.1, -0.05) is 0 Å². The first kappa shape index (κ1) is 16.1. The van der Waals surface area contributed by atoms with Crippen LogP contribution < -0.4 is 5.73 Å². The van der Waals surface area contributed by atoms with Crippen molar-refractivity contribution in [3.63, 3.8) is 0 Å². The van der Waals surface area contributed by atoms with Crippen molar-refractivity contribution in [2.45, 2.75) is 12.3 Å². The predicted octanol–water partition coefficient (Wildman–Crippen LogP) is 2.91. The Labute approximate surface area is 102 Å². The molecular weight excluding hydrogens is 262 g/mol. The molecule has 0 aliphatic carbocycles. The molecular formula is C10H12ClF4NO. The van der Waals surface area contributed by atoms with Gasteiger partial charge in [-0.3, -0.25) is 0 Å². The molecule has 1 atom stereocenters. The molecule has 2 nitrogen and oxygen atoms in total. The molecule has 2 N–H and O–H groups in total. The van der Waals surface area contributed by atoms with Crippen molar-refractivity contribution in [2.24, 2.45) is 5.73 Å². The van der Waals surface area contributed by atoms with Gasteiger partial charge < -0.3 is 10.5 Å². The fourth-order valence-corrected chi connectivity index (χ4v) is 1.33. The molecule has 1 rings (SSSR count). The molecule has 17 heavy (non-hydrogen) atoms. The van der Waals surface area contributed by atoms with E-state index in [-0.39, 0.29) is 24.5 Å². The molecule has 1 aromatic rings. The average molecular weight is 274 g/mol. The Morgan fingerprint density at radius 3 is 2.29 bits per heavy atom. The summed E-state index contributed by atoms with van der Waals surface area (Å²) in [4.78, 5) is 0. The number of hydrogen-bond acceptors (Lipinski definition) is 2. The highest BCUT2D eigenvalue weighted by Crippen LogP contribution is 2.32. The van der Waals surface area contributed by atoms with Crippen molar-refractivity contribution < 1.29 is 22.3 Å². The van der Waals surface area contributed by atoms with E-state index in [9.17, 15) is 17.6 Å². The molecule has 0 aliphatic rings. The van der Waals surface area contributed by atoms with Crippen LogP contribution in [0.5, 0.6) is 0 Å². The molecule has 0 amide bonds. The minimum atomic E-state index is -4.58. The Bertz CT molecular complexity index is 366. The Hall–Kier alpha value is -0.850. The third-order valence-electron chi connectivity index (χ3n) is 2.12. The number of rotatable bonds is 3. The number of ether oxygens (including phenoxy) is 1. The van der Waals surface area contributed by atoms with Gasteiger partial charge in [0.15, 0.2) is 0 Å². The smallest absolute Gasteiger partial charge is 0.375 e. The van der Waals surface area contributed by atoms with Gasteiger partial charge in [0.2, 0.25) is 0 Å². The summed E-state index contributed by atoms with van der Waals surface area (Å²) in [6.07, 6.45) is -5.32. The molecule has 0 saturated carbocycles. The first-order valence-electron chi connectivity index (χ1n) is 4.49. The van der Waals surface area contributed by atoms with Crippen LogP contribution in [0, 0.1) is 5.82 Å². The Kier molecular flexibility index (Phi) is 5.87. The molecule has 0 saturated heterocycles. The normalized spacial score (nSPS) is 13.1. The zero-order chi connectivity index (χ0) is 12.3. The van der Waals surface area contributed by atoms with Gasteiger partial charge in [0.05, 0.1) is 11.7 Å². The summed E-state index contributed by atoms with van der Waals surface area (Å²) in [6, 6.07) is 2.26. The van der Waals surface area contributed by atoms with Crippen LogP contribution in [-0.2, 0) is 10.9 Å². The van der Waals surface area contributed by atoms with Crippen LogP contribution in [-0.4, -0.2) is 13.7 Å². The Morgan fingerprint density at radius 1 is 1.29 bits per heavy atom. The summed E-state index contributed by atoms with van der Waals surface area (Å²) in [7, 11) is 1.30. The number of methoxy groups -OCH3 is 1. The number of alkyl halides is 3. The zero-order valence-electron chi connectivity index (χ0n) is 8.92. The lowest BCUT2D eigenvalue weighted by molar-refractivity contribution is -0.137. The third-order valence-corrected chi connectivity index (χ3v) is 2.12. The van der Waals surface area contributed by atoms with Gasteiger partial charge in [0.1, 0.15) is 5.82 Å². The monoisotopic (exact) mass is 273 g/mol. The lowest BCUT2D eigenvalue weighted by Crippen LogP contribution is -2.16. The number of hydrogen-bond donors (Lipinski definition) is 1. The first-order valence-corrected chi connectivity index (χ1v) is 4.49. The van der Waals surface area contributed by atoms with Crippen molar-refractivity contribution in [3.05, 3.63) is 35.1 Å². The summed E-state index contributed by atoms with van der Waals surface area (Å²) in [6.45, 7) is -0.0166. The Balaban J connectivity index is 0.00000256. The van der Waals surface area contributed by atoms with Crippen molar-refractivity contribution in [2.75, 3.05) is 13.7 Å². The Morgan fingerprint density at radius 2 is 1.88 bits per heavy atom. The van der Waals surface area contributed by atoms with Gasteiger partial charge in [0.25, 0.3) is 0 Å². The molecule has 0 radical (unpaired) electrons. The highest BCUT2D eigenvalue weighted by Gasteiger charge is 2.31. The van der Waals surface area contributed by atoms with E-state index in [0.717, 1.165) is 12.1 Å². The fourth-order valence-electron chi connectivity index (χ4n) is 1.33. The van der Waals surface area contributed by atoms with Crippen LogP contribution >= 0.6 is 12.4 Å². The zero-order valence-corrected chi connectivity index (χ0v) is 9.74. The maximum atomic E-state index is 13.0. The van der Waals surface area contributed by atoms with Crippen LogP contribution in [0.3, 0.4) is 0 Å². The highest BCUT2D eigenvalue weighted by molar-refractivity contribution is 5.85. The molecule has 0 aliphatic heterocycles. The minimum absolute atomic E-state index is 0. The van der Waals surface area contributed by atoms with Gasteiger partial charge in [-0.2, -0.15) is 13.2 Å². The predicted molar refractivity (Wildman–Crippen MR) is 57.5 cm³/mol. The van der Waals surface area contributed by atoms with E-state index in [0.29, 0.717) is 6.07 Å². The number of halogens is 5. The first-order chi connectivity index (χ1) is 7.38. The molecule has 1 aromatic carbocycles. The van der Waals surface area contributed by atoms with E-state index >= 15 is 0 Å². The quantitative estimate of drug-likeness (QED) is 0.860. The molecule has 0 aromatic heterocycles. The van der Waals surface area contributed by atoms with Crippen LogP contribution in [0.25, 0.3) is 0 Å². The van der Waals surface area contributed by atoms with E-state index in [2.05, 4.69) is 0 Å². The van der Waals surface area contributed by atoms with E-state index in [1.807, 2.05) is 0 Å². The van der Waals surface area contributed by atoms with E-state index in [1.165, 1.54) is 7.11 Å². The highest BCUT2D eigenvalue weighted by atomic mass is 35.5. The molecule has 0 spiro atoms. The SMILES string of the molecule is COC(CN)c1cc(F)cc(C(F)(F)F)c1.Cl. The molecule has 0 bridgehead atoms. The second kappa shape index (κ2) is 6.18.